The molecule has 10 heteroatoms. The summed E-state index contributed by atoms with van der Waals surface area (Å²) >= 11 is 1.56. The number of carboxylic acid groups (broad SMARTS) is 1. The van der Waals surface area contributed by atoms with E-state index >= 15 is 0 Å². The first kappa shape index (κ1) is 23.2. The normalized spacial score (nSPS) is 21.1. The van der Waals surface area contributed by atoms with Crippen molar-refractivity contribution in [1.29, 1.82) is 0 Å². The van der Waals surface area contributed by atoms with Crippen molar-refractivity contribution in [3.8, 4) is 10.4 Å². The number of nitrogens with zero attached hydrogens (tertiary/aromatic N) is 3. The molecule has 2 N–H and O–H groups in total. The Hall–Kier alpha value is -3.01. The monoisotopic (exact) mass is 476 g/mol. The highest BCUT2D eigenvalue weighted by Gasteiger charge is 2.37. The second kappa shape index (κ2) is 8.74. The molecule has 1 saturated carbocycles. The third-order valence-electron chi connectivity index (χ3n) is 6.02. The van der Waals surface area contributed by atoms with Crippen molar-refractivity contribution in [2.24, 2.45) is 5.92 Å². The summed E-state index contributed by atoms with van der Waals surface area (Å²) in [5.41, 5.74) is 1.21. The molecule has 4 rings (SSSR count). The average Bonchev–Trinajstić information content (AvgIpc) is 3.25. The third-order valence-corrected chi connectivity index (χ3v) is 7.38. The van der Waals surface area contributed by atoms with Crippen molar-refractivity contribution < 1.29 is 23.1 Å². The summed E-state index contributed by atoms with van der Waals surface area (Å²) in [6.07, 6.45) is 1.13. The lowest BCUT2D eigenvalue weighted by Gasteiger charge is -2.34. The van der Waals surface area contributed by atoms with Crippen molar-refractivity contribution >= 4 is 28.9 Å². The Balaban J connectivity index is 1.56. The number of nitrogens with one attached hydrogen (secondary N) is 1. The minimum absolute atomic E-state index is 0.130. The van der Waals surface area contributed by atoms with Gasteiger partial charge in [0.1, 0.15) is 5.69 Å². The Morgan fingerprint density at radius 3 is 2.61 bits per heavy atom. The van der Waals surface area contributed by atoms with Crippen LogP contribution in [0.5, 0.6) is 0 Å². The van der Waals surface area contributed by atoms with Gasteiger partial charge in [-0.25, -0.2) is 15.0 Å². The molecule has 0 aliphatic heterocycles. The molecule has 2 heterocycles. The van der Waals surface area contributed by atoms with Crippen molar-refractivity contribution in [2.75, 3.05) is 5.32 Å². The number of aromatic nitrogens is 3. The van der Waals surface area contributed by atoms with Crippen LogP contribution in [-0.2, 0) is 16.4 Å². The zero-order valence-corrected chi connectivity index (χ0v) is 18.9. The van der Waals surface area contributed by atoms with Gasteiger partial charge in [0.15, 0.2) is 0 Å². The molecule has 1 aliphatic rings. The molecule has 1 aromatic carbocycles. The molecule has 33 heavy (non-hydrogen) atoms. The maximum Gasteiger partial charge on any atom is 0.433 e. The molecule has 0 bridgehead atoms. The lowest BCUT2D eigenvalue weighted by atomic mass is 9.72. The molecule has 6 nitrogen and oxygen atoms in total. The number of rotatable bonds is 5. The molecule has 0 amide bonds. The number of carboxylic acids is 1. The van der Waals surface area contributed by atoms with Crippen molar-refractivity contribution in [1.82, 2.24) is 15.0 Å². The van der Waals surface area contributed by atoms with Crippen LogP contribution in [0.2, 0.25) is 0 Å². The quantitative estimate of drug-likeness (QED) is 0.456. The molecule has 0 spiro atoms. The van der Waals surface area contributed by atoms with E-state index in [-0.39, 0.29) is 17.3 Å². The van der Waals surface area contributed by atoms with Crippen LogP contribution in [0.15, 0.2) is 36.7 Å². The standard InChI is InChI=1S/C23H23F3N4O2S/c1-13-9-15(11-16(10-13)29-21-27-8-5-18(30-21)23(24,25)26)17-12-28-20(33-17)22(2)6-3-14(4-7-22)19(31)32/h5,8-12,14H,3-4,6-7H2,1-2H3,(H,31,32)(H,27,29,30). The second-order valence-electron chi connectivity index (χ2n) is 8.68. The van der Waals surface area contributed by atoms with Gasteiger partial charge in [-0.15, -0.1) is 11.3 Å². The zero-order valence-electron chi connectivity index (χ0n) is 18.1. The molecule has 3 aromatic rings. The summed E-state index contributed by atoms with van der Waals surface area (Å²) in [6.45, 7) is 4.03. The minimum Gasteiger partial charge on any atom is -0.481 e. The first-order chi connectivity index (χ1) is 15.5. The molecule has 2 aromatic heterocycles. The first-order valence-electron chi connectivity index (χ1n) is 10.5. The Morgan fingerprint density at radius 1 is 1.21 bits per heavy atom. The van der Waals surface area contributed by atoms with Crippen molar-refractivity contribution in [3.05, 3.63) is 52.9 Å². The first-order valence-corrected chi connectivity index (χ1v) is 11.3. The molecule has 0 unspecified atom stereocenters. The lowest BCUT2D eigenvalue weighted by Crippen LogP contribution is -2.31. The molecule has 174 valence electrons. The summed E-state index contributed by atoms with van der Waals surface area (Å²) in [5.74, 6) is -1.16. The van der Waals surface area contributed by atoms with Gasteiger partial charge in [0.2, 0.25) is 5.95 Å². The van der Waals surface area contributed by atoms with Crippen LogP contribution in [0.1, 0.15) is 48.9 Å². The van der Waals surface area contributed by atoms with E-state index in [0.717, 1.165) is 46.1 Å². The van der Waals surface area contributed by atoms with Gasteiger partial charge in [-0.2, -0.15) is 13.2 Å². The number of alkyl halides is 3. The van der Waals surface area contributed by atoms with Crippen LogP contribution in [0.4, 0.5) is 24.8 Å². The third kappa shape index (κ3) is 5.16. The molecule has 0 atom stereocenters. The van der Waals surface area contributed by atoms with E-state index in [1.807, 2.05) is 25.1 Å². The van der Waals surface area contributed by atoms with Gasteiger partial charge in [-0.3, -0.25) is 4.79 Å². The Morgan fingerprint density at radius 2 is 1.94 bits per heavy atom. The fraction of sp³-hybridized carbons (Fsp3) is 0.391. The van der Waals surface area contributed by atoms with Crippen LogP contribution in [0.25, 0.3) is 10.4 Å². The summed E-state index contributed by atoms with van der Waals surface area (Å²) in [6, 6.07) is 6.45. The topological polar surface area (TPSA) is 88.0 Å². The van der Waals surface area contributed by atoms with Crippen LogP contribution >= 0.6 is 11.3 Å². The van der Waals surface area contributed by atoms with E-state index in [2.05, 4.69) is 27.2 Å². The predicted octanol–water partition coefficient (Wildman–Crippen LogP) is 6.20. The predicted molar refractivity (Wildman–Crippen MR) is 120 cm³/mol. The van der Waals surface area contributed by atoms with Gasteiger partial charge >= 0.3 is 12.1 Å². The maximum atomic E-state index is 13.0. The number of benzene rings is 1. The van der Waals surface area contributed by atoms with Crippen LogP contribution in [0.3, 0.4) is 0 Å². The highest BCUT2D eigenvalue weighted by molar-refractivity contribution is 7.15. The number of halogens is 3. The van der Waals surface area contributed by atoms with E-state index < -0.39 is 17.8 Å². The summed E-state index contributed by atoms with van der Waals surface area (Å²) < 4.78 is 38.9. The van der Waals surface area contributed by atoms with Gasteiger partial charge in [-0.05, 0) is 61.9 Å². The van der Waals surface area contributed by atoms with Gasteiger partial charge in [0, 0.05) is 23.5 Å². The van der Waals surface area contributed by atoms with E-state index in [0.29, 0.717) is 18.5 Å². The lowest BCUT2D eigenvalue weighted by molar-refractivity contribution is -0.143. The van der Waals surface area contributed by atoms with Crippen LogP contribution < -0.4 is 5.32 Å². The fourth-order valence-electron chi connectivity index (χ4n) is 4.11. The second-order valence-corrected chi connectivity index (χ2v) is 9.71. The average molecular weight is 477 g/mol. The number of thiazole rings is 1. The number of aliphatic carboxylic acids is 1. The molecule has 0 saturated heterocycles. The van der Waals surface area contributed by atoms with E-state index in [1.165, 1.54) is 0 Å². The molecular weight excluding hydrogens is 453 g/mol. The van der Waals surface area contributed by atoms with Gasteiger partial charge in [-0.1, -0.05) is 13.0 Å². The van der Waals surface area contributed by atoms with E-state index in [9.17, 15) is 23.1 Å². The van der Waals surface area contributed by atoms with Gasteiger partial charge in [0.05, 0.1) is 15.8 Å². The number of carbonyl (C=O) groups is 1. The molecule has 1 fully saturated rings. The molecular formula is C23H23F3N4O2S. The Labute approximate surface area is 192 Å². The van der Waals surface area contributed by atoms with Gasteiger partial charge in [0.25, 0.3) is 0 Å². The number of hydrogen-bond donors (Lipinski definition) is 2. The Bertz CT molecular complexity index is 1170. The molecule has 1 aliphatic carbocycles. The zero-order chi connectivity index (χ0) is 23.8. The number of anilines is 2. The highest BCUT2D eigenvalue weighted by Crippen LogP contribution is 2.44. The van der Waals surface area contributed by atoms with E-state index in [4.69, 9.17) is 0 Å². The van der Waals surface area contributed by atoms with Crippen LogP contribution in [0, 0.1) is 12.8 Å². The summed E-state index contributed by atoms with van der Waals surface area (Å²) in [5, 5.41) is 13.1. The van der Waals surface area contributed by atoms with Crippen molar-refractivity contribution in [2.45, 2.75) is 51.1 Å². The smallest absolute Gasteiger partial charge is 0.433 e. The minimum atomic E-state index is -4.55. The number of hydrogen-bond acceptors (Lipinski definition) is 6. The highest BCUT2D eigenvalue weighted by atomic mass is 32.1. The van der Waals surface area contributed by atoms with Gasteiger partial charge < -0.3 is 10.4 Å². The largest absolute Gasteiger partial charge is 0.481 e. The Kier molecular flexibility index (Phi) is 6.13. The maximum absolute atomic E-state index is 13.0. The number of aryl methyl sites for hydroxylation is 1. The SMILES string of the molecule is Cc1cc(Nc2nccc(C(F)(F)F)n2)cc(-c2cnc(C3(C)CCC(C(=O)O)CC3)s2)c1. The summed E-state index contributed by atoms with van der Waals surface area (Å²) in [4.78, 5) is 24.3. The van der Waals surface area contributed by atoms with Crippen molar-refractivity contribution in [3.63, 3.8) is 0 Å². The molecule has 0 radical (unpaired) electrons. The fourth-order valence-corrected chi connectivity index (χ4v) is 5.21. The van der Waals surface area contributed by atoms with Crippen LogP contribution in [-0.4, -0.2) is 26.0 Å². The summed E-state index contributed by atoms with van der Waals surface area (Å²) in [7, 11) is 0. The van der Waals surface area contributed by atoms with E-state index in [1.54, 1.807) is 17.5 Å².